The van der Waals surface area contributed by atoms with Crippen LogP contribution in [-0.2, 0) is 9.47 Å². The van der Waals surface area contributed by atoms with Gasteiger partial charge in [0.05, 0.1) is 0 Å². The van der Waals surface area contributed by atoms with Crippen LogP contribution in [0, 0.1) is 0 Å². The number of thioether (sulfide) groups is 2. The molecule has 3 nitrogen and oxygen atoms in total. The molecule has 0 radical (unpaired) electrons. The predicted molar refractivity (Wildman–Crippen MR) is 68.8 cm³/mol. The lowest BCUT2D eigenvalue weighted by Gasteiger charge is -2.16. The Morgan fingerprint density at radius 3 is 2.40 bits per heavy atom. The number of ether oxygens (including phenoxy) is 2. The Morgan fingerprint density at radius 2 is 2.00 bits per heavy atom. The zero-order valence-electron chi connectivity index (χ0n) is 9.73. The van der Waals surface area contributed by atoms with E-state index in [1.165, 1.54) is 0 Å². The Kier molecular flexibility index (Phi) is 6.04. The molecule has 2 atom stereocenters. The number of rotatable bonds is 6. The fraction of sp³-hybridized carbons (Fsp3) is 0.900. The SMILES string of the molecule is CCOC(OCC)C1=NC(SC)C(C)S1. The highest BCUT2D eigenvalue weighted by Crippen LogP contribution is 2.34. The van der Waals surface area contributed by atoms with Crippen LogP contribution in [0.25, 0.3) is 0 Å². The summed E-state index contributed by atoms with van der Waals surface area (Å²) in [5.74, 6) is 0. The Bertz CT molecular complexity index is 217. The molecule has 0 fully saturated rings. The molecule has 0 spiro atoms. The minimum Gasteiger partial charge on any atom is -0.347 e. The van der Waals surface area contributed by atoms with Gasteiger partial charge < -0.3 is 9.47 Å². The highest BCUT2D eigenvalue weighted by atomic mass is 32.2. The highest BCUT2D eigenvalue weighted by Gasteiger charge is 2.30. The molecule has 1 aliphatic heterocycles. The first-order valence-corrected chi connectivity index (χ1v) is 7.40. The van der Waals surface area contributed by atoms with E-state index in [0.29, 0.717) is 23.8 Å². The van der Waals surface area contributed by atoms with E-state index in [0.717, 1.165) is 5.04 Å². The molecule has 0 saturated heterocycles. The summed E-state index contributed by atoms with van der Waals surface area (Å²) in [6.45, 7) is 7.45. The average Bonchev–Trinajstić information content (AvgIpc) is 2.59. The van der Waals surface area contributed by atoms with E-state index >= 15 is 0 Å². The van der Waals surface area contributed by atoms with Crippen LogP contribution in [0.15, 0.2) is 4.99 Å². The largest absolute Gasteiger partial charge is 0.347 e. The van der Waals surface area contributed by atoms with Crippen LogP contribution < -0.4 is 0 Å². The van der Waals surface area contributed by atoms with Crippen LogP contribution in [0.2, 0.25) is 0 Å². The average molecular weight is 249 g/mol. The zero-order chi connectivity index (χ0) is 11.3. The monoisotopic (exact) mass is 249 g/mol. The smallest absolute Gasteiger partial charge is 0.206 e. The molecule has 0 aromatic rings. The van der Waals surface area contributed by atoms with Crippen LogP contribution in [-0.4, -0.2) is 41.4 Å². The van der Waals surface area contributed by atoms with Gasteiger partial charge in [-0.25, -0.2) is 0 Å². The summed E-state index contributed by atoms with van der Waals surface area (Å²) >= 11 is 3.54. The van der Waals surface area contributed by atoms with Gasteiger partial charge >= 0.3 is 0 Å². The maximum absolute atomic E-state index is 5.52. The summed E-state index contributed by atoms with van der Waals surface area (Å²) in [4.78, 5) is 4.62. The van der Waals surface area contributed by atoms with Crippen molar-refractivity contribution in [1.29, 1.82) is 0 Å². The molecular weight excluding hydrogens is 230 g/mol. The van der Waals surface area contributed by atoms with Gasteiger partial charge in [-0.3, -0.25) is 4.99 Å². The van der Waals surface area contributed by atoms with Crippen molar-refractivity contribution in [3.8, 4) is 0 Å². The summed E-state index contributed by atoms with van der Waals surface area (Å²) in [7, 11) is 0. The quantitative estimate of drug-likeness (QED) is 0.677. The van der Waals surface area contributed by atoms with Crippen LogP contribution in [0.1, 0.15) is 20.8 Å². The molecule has 0 N–H and O–H groups in total. The van der Waals surface area contributed by atoms with Gasteiger partial charge in [0, 0.05) is 18.5 Å². The van der Waals surface area contributed by atoms with E-state index < -0.39 is 0 Å². The van der Waals surface area contributed by atoms with Crippen LogP contribution in [0.5, 0.6) is 0 Å². The van der Waals surface area contributed by atoms with Gasteiger partial charge in [0.2, 0.25) is 6.29 Å². The number of hydrogen-bond donors (Lipinski definition) is 0. The molecule has 1 rings (SSSR count). The number of nitrogens with zero attached hydrogens (tertiary/aromatic N) is 1. The molecule has 0 bridgehead atoms. The second kappa shape index (κ2) is 6.78. The van der Waals surface area contributed by atoms with Gasteiger partial charge in [-0.2, -0.15) is 0 Å². The third-order valence-corrected chi connectivity index (χ3v) is 4.38. The molecule has 1 aliphatic rings. The van der Waals surface area contributed by atoms with Crippen molar-refractivity contribution < 1.29 is 9.47 Å². The van der Waals surface area contributed by atoms with Gasteiger partial charge in [-0.1, -0.05) is 11.8 Å². The van der Waals surface area contributed by atoms with Crippen molar-refractivity contribution in [2.24, 2.45) is 4.99 Å². The first kappa shape index (κ1) is 13.4. The molecule has 0 saturated carbocycles. The molecule has 0 aromatic heterocycles. The van der Waals surface area contributed by atoms with Gasteiger partial charge in [0.1, 0.15) is 10.4 Å². The van der Waals surface area contributed by atoms with Crippen molar-refractivity contribution in [2.45, 2.75) is 37.7 Å². The lowest BCUT2D eigenvalue weighted by atomic mass is 10.5. The molecular formula is C10H19NO2S2. The number of hydrogen-bond acceptors (Lipinski definition) is 5. The third-order valence-electron chi connectivity index (χ3n) is 2.04. The van der Waals surface area contributed by atoms with Crippen molar-refractivity contribution in [3.05, 3.63) is 0 Å². The maximum Gasteiger partial charge on any atom is 0.206 e. The van der Waals surface area contributed by atoms with Gasteiger partial charge in [-0.15, -0.1) is 11.8 Å². The normalized spacial score (nSPS) is 26.1. The first-order chi connectivity index (χ1) is 7.22. The lowest BCUT2D eigenvalue weighted by molar-refractivity contribution is -0.0879. The molecule has 2 unspecified atom stereocenters. The molecule has 0 amide bonds. The minimum absolute atomic E-state index is 0.260. The second-order valence-corrected chi connectivity index (χ2v) is 5.51. The third kappa shape index (κ3) is 3.66. The van der Waals surface area contributed by atoms with E-state index in [1.54, 1.807) is 23.5 Å². The molecule has 1 heterocycles. The van der Waals surface area contributed by atoms with E-state index in [1.807, 2.05) is 13.8 Å². The summed E-state index contributed by atoms with van der Waals surface area (Å²) in [6, 6.07) is 0. The number of aliphatic imine (C=N–C) groups is 1. The van der Waals surface area contributed by atoms with Gasteiger partial charge in [0.25, 0.3) is 0 Å². The zero-order valence-corrected chi connectivity index (χ0v) is 11.4. The van der Waals surface area contributed by atoms with Gasteiger partial charge in [0.15, 0.2) is 0 Å². The van der Waals surface area contributed by atoms with E-state index in [4.69, 9.17) is 9.47 Å². The Labute approximate surface area is 100 Å². The summed E-state index contributed by atoms with van der Waals surface area (Å²) in [6.07, 6.45) is 1.83. The molecule has 5 heteroatoms. The first-order valence-electron chi connectivity index (χ1n) is 5.23. The van der Waals surface area contributed by atoms with Gasteiger partial charge in [-0.05, 0) is 27.0 Å². The van der Waals surface area contributed by atoms with Crippen LogP contribution in [0.3, 0.4) is 0 Å². The minimum atomic E-state index is -0.260. The predicted octanol–water partition coefficient (Wildman–Crippen LogP) is 2.61. The maximum atomic E-state index is 5.52. The molecule has 88 valence electrons. The molecule has 15 heavy (non-hydrogen) atoms. The highest BCUT2D eigenvalue weighted by molar-refractivity contribution is 8.16. The molecule has 0 aliphatic carbocycles. The Hall–Kier alpha value is 0.290. The summed E-state index contributed by atoms with van der Waals surface area (Å²) in [5.41, 5.74) is 0. The second-order valence-electron chi connectivity index (χ2n) is 3.16. The summed E-state index contributed by atoms with van der Waals surface area (Å²) in [5, 5.41) is 1.84. The topological polar surface area (TPSA) is 30.8 Å². The van der Waals surface area contributed by atoms with Crippen molar-refractivity contribution >= 4 is 28.6 Å². The van der Waals surface area contributed by atoms with Crippen LogP contribution in [0.4, 0.5) is 0 Å². The standard InChI is InChI=1S/C10H19NO2S2/c1-5-12-10(13-6-2)9-11-8(14-4)7(3)15-9/h7-8,10H,5-6H2,1-4H3. The van der Waals surface area contributed by atoms with E-state index in [-0.39, 0.29) is 6.29 Å². The van der Waals surface area contributed by atoms with Crippen LogP contribution >= 0.6 is 23.5 Å². The van der Waals surface area contributed by atoms with Crippen molar-refractivity contribution in [3.63, 3.8) is 0 Å². The lowest BCUT2D eigenvalue weighted by Crippen LogP contribution is -2.24. The Balaban J connectivity index is 2.60. The molecule has 0 aromatic carbocycles. The Morgan fingerprint density at radius 1 is 1.40 bits per heavy atom. The summed E-state index contributed by atoms with van der Waals surface area (Å²) < 4.78 is 11.0. The van der Waals surface area contributed by atoms with E-state index in [9.17, 15) is 0 Å². The fourth-order valence-corrected chi connectivity index (χ4v) is 3.51. The van der Waals surface area contributed by atoms with Crippen molar-refractivity contribution in [1.82, 2.24) is 0 Å². The van der Waals surface area contributed by atoms with E-state index in [2.05, 4.69) is 18.2 Å². The fourth-order valence-electron chi connectivity index (χ4n) is 1.36. The van der Waals surface area contributed by atoms with Crippen molar-refractivity contribution in [2.75, 3.05) is 19.5 Å².